The Bertz CT molecular complexity index is 928. The molecule has 0 spiro atoms. The minimum absolute atomic E-state index is 0.0192. The number of hydrogen-bond acceptors (Lipinski definition) is 5. The number of anilines is 1. The standard InChI is InChI=1S/C21H24IN3O4/c1-4-29-18-11-15(10-16(22)21(18)28)12-23-25-20(27)9-8-19(26)24-17-7-5-6-13(2)14(17)3/h5-7,10-12,28H,4,8-9H2,1-3H3,(H,24,26)(H,25,27). The first kappa shape index (κ1) is 22.7. The number of ether oxygens (including phenoxy) is 1. The summed E-state index contributed by atoms with van der Waals surface area (Å²) < 4.78 is 5.98. The van der Waals surface area contributed by atoms with E-state index in [1.165, 1.54) is 6.21 Å². The van der Waals surface area contributed by atoms with Gasteiger partial charge in [0.15, 0.2) is 11.5 Å². The molecule has 2 amide bonds. The van der Waals surface area contributed by atoms with Gasteiger partial charge in [0.2, 0.25) is 11.8 Å². The molecule has 0 unspecified atom stereocenters. The second-order valence-electron chi connectivity index (χ2n) is 6.37. The zero-order valence-corrected chi connectivity index (χ0v) is 18.7. The van der Waals surface area contributed by atoms with E-state index in [4.69, 9.17) is 4.74 Å². The van der Waals surface area contributed by atoms with Crippen LogP contribution in [0.3, 0.4) is 0 Å². The van der Waals surface area contributed by atoms with Gasteiger partial charge in [-0.05, 0) is 78.3 Å². The molecule has 3 N–H and O–H groups in total. The van der Waals surface area contributed by atoms with E-state index in [0.717, 1.165) is 16.8 Å². The zero-order chi connectivity index (χ0) is 21.4. The highest BCUT2D eigenvalue weighted by molar-refractivity contribution is 14.1. The summed E-state index contributed by atoms with van der Waals surface area (Å²) in [6.45, 7) is 6.16. The second kappa shape index (κ2) is 10.8. The number of aromatic hydroxyl groups is 1. The number of rotatable bonds is 8. The predicted molar refractivity (Wildman–Crippen MR) is 122 cm³/mol. The van der Waals surface area contributed by atoms with Crippen molar-refractivity contribution in [1.82, 2.24) is 5.43 Å². The van der Waals surface area contributed by atoms with Crippen LogP contribution >= 0.6 is 22.6 Å². The Balaban J connectivity index is 1.85. The van der Waals surface area contributed by atoms with Crippen LogP contribution in [0, 0.1) is 17.4 Å². The summed E-state index contributed by atoms with van der Waals surface area (Å²) in [6, 6.07) is 9.03. The molecule has 0 aromatic heterocycles. The summed E-state index contributed by atoms with van der Waals surface area (Å²) >= 11 is 1.99. The van der Waals surface area contributed by atoms with Crippen molar-refractivity contribution < 1.29 is 19.4 Å². The van der Waals surface area contributed by atoms with Crippen LogP contribution in [0.15, 0.2) is 35.4 Å². The van der Waals surface area contributed by atoms with Crippen LogP contribution in [0.2, 0.25) is 0 Å². The highest BCUT2D eigenvalue weighted by atomic mass is 127. The number of phenolic OH excluding ortho intramolecular Hbond substituents is 1. The van der Waals surface area contributed by atoms with E-state index in [9.17, 15) is 14.7 Å². The molecule has 0 fully saturated rings. The number of hydrogen-bond donors (Lipinski definition) is 3. The van der Waals surface area contributed by atoms with Gasteiger partial charge in [0.1, 0.15) is 0 Å². The molecule has 29 heavy (non-hydrogen) atoms. The Morgan fingerprint density at radius 3 is 2.66 bits per heavy atom. The van der Waals surface area contributed by atoms with Crippen molar-refractivity contribution in [2.45, 2.75) is 33.6 Å². The van der Waals surface area contributed by atoms with Gasteiger partial charge in [-0.2, -0.15) is 5.10 Å². The fourth-order valence-corrected chi connectivity index (χ4v) is 3.12. The SMILES string of the molecule is CCOc1cc(C=NNC(=O)CCC(=O)Nc2cccc(C)c2C)cc(I)c1O. The Morgan fingerprint density at radius 2 is 1.93 bits per heavy atom. The van der Waals surface area contributed by atoms with E-state index in [-0.39, 0.29) is 30.4 Å². The van der Waals surface area contributed by atoms with Crippen molar-refractivity contribution in [2.75, 3.05) is 11.9 Å². The average molecular weight is 509 g/mol. The molecule has 0 radical (unpaired) electrons. The largest absolute Gasteiger partial charge is 0.504 e. The van der Waals surface area contributed by atoms with Gasteiger partial charge in [-0.15, -0.1) is 0 Å². The first-order chi connectivity index (χ1) is 13.8. The van der Waals surface area contributed by atoms with Gasteiger partial charge < -0.3 is 15.2 Å². The van der Waals surface area contributed by atoms with Gasteiger partial charge in [0, 0.05) is 18.5 Å². The lowest BCUT2D eigenvalue weighted by atomic mass is 10.1. The third-order valence-electron chi connectivity index (χ3n) is 4.21. The topological polar surface area (TPSA) is 100 Å². The molecular formula is C21H24IN3O4. The Labute approximate surface area is 183 Å². The Kier molecular flexibility index (Phi) is 8.44. The second-order valence-corrected chi connectivity index (χ2v) is 7.53. The van der Waals surface area contributed by atoms with Crippen molar-refractivity contribution in [3.05, 3.63) is 50.6 Å². The molecule has 2 rings (SSSR count). The summed E-state index contributed by atoms with van der Waals surface area (Å²) in [5, 5.41) is 16.7. The van der Waals surface area contributed by atoms with Gasteiger partial charge in [0.25, 0.3) is 0 Å². The molecular weight excluding hydrogens is 485 g/mol. The van der Waals surface area contributed by atoms with Crippen LogP contribution in [0.25, 0.3) is 0 Å². The first-order valence-electron chi connectivity index (χ1n) is 9.15. The van der Waals surface area contributed by atoms with E-state index in [1.807, 2.05) is 61.6 Å². The van der Waals surface area contributed by atoms with Gasteiger partial charge in [0.05, 0.1) is 16.4 Å². The van der Waals surface area contributed by atoms with E-state index in [1.54, 1.807) is 12.1 Å². The summed E-state index contributed by atoms with van der Waals surface area (Å²) in [7, 11) is 0. The molecule has 8 heteroatoms. The predicted octanol–water partition coefficient (Wildman–Crippen LogP) is 3.88. The molecule has 0 saturated heterocycles. The molecule has 7 nitrogen and oxygen atoms in total. The van der Waals surface area contributed by atoms with Crippen molar-refractivity contribution in [3.8, 4) is 11.5 Å². The maximum Gasteiger partial charge on any atom is 0.240 e. The lowest BCUT2D eigenvalue weighted by molar-refractivity contribution is -0.124. The summed E-state index contributed by atoms with van der Waals surface area (Å²) in [5.74, 6) is -0.165. The smallest absolute Gasteiger partial charge is 0.240 e. The minimum atomic E-state index is -0.365. The number of carbonyl (C=O) groups is 2. The number of phenols is 1. The summed E-state index contributed by atoms with van der Waals surface area (Å²) in [5.41, 5.74) is 5.92. The average Bonchev–Trinajstić information content (AvgIpc) is 2.68. The Morgan fingerprint density at radius 1 is 1.21 bits per heavy atom. The van der Waals surface area contributed by atoms with Crippen molar-refractivity contribution >= 4 is 46.3 Å². The van der Waals surface area contributed by atoms with Crippen molar-refractivity contribution in [1.29, 1.82) is 0 Å². The number of nitrogens with zero attached hydrogens (tertiary/aromatic N) is 1. The van der Waals surface area contributed by atoms with Crippen LogP contribution in [0.4, 0.5) is 5.69 Å². The number of amides is 2. The van der Waals surface area contributed by atoms with E-state index < -0.39 is 0 Å². The molecule has 0 aliphatic heterocycles. The van der Waals surface area contributed by atoms with E-state index >= 15 is 0 Å². The molecule has 2 aromatic carbocycles. The van der Waals surface area contributed by atoms with Crippen LogP contribution in [-0.2, 0) is 9.59 Å². The van der Waals surface area contributed by atoms with Crippen LogP contribution in [-0.4, -0.2) is 29.7 Å². The fourth-order valence-electron chi connectivity index (χ4n) is 2.49. The number of hydrazone groups is 1. The highest BCUT2D eigenvalue weighted by Crippen LogP contribution is 2.32. The maximum absolute atomic E-state index is 12.1. The molecule has 2 aromatic rings. The quantitative estimate of drug-likeness (QED) is 0.286. The van der Waals surface area contributed by atoms with E-state index in [0.29, 0.717) is 21.5 Å². The van der Waals surface area contributed by atoms with Gasteiger partial charge >= 0.3 is 0 Å². The van der Waals surface area contributed by atoms with Crippen LogP contribution in [0.5, 0.6) is 11.5 Å². The third-order valence-corrected chi connectivity index (χ3v) is 5.03. The molecule has 0 heterocycles. The summed E-state index contributed by atoms with van der Waals surface area (Å²) in [4.78, 5) is 24.0. The lowest BCUT2D eigenvalue weighted by Gasteiger charge is -2.10. The number of carbonyl (C=O) groups excluding carboxylic acids is 2. The molecule has 0 atom stereocenters. The number of nitrogens with one attached hydrogen (secondary N) is 2. The molecule has 0 saturated carbocycles. The monoisotopic (exact) mass is 509 g/mol. The van der Waals surface area contributed by atoms with E-state index in [2.05, 4.69) is 15.8 Å². The number of aryl methyl sites for hydroxylation is 1. The molecule has 0 bridgehead atoms. The fraction of sp³-hybridized carbons (Fsp3) is 0.286. The van der Waals surface area contributed by atoms with Gasteiger partial charge in [-0.1, -0.05) is 12.1 Å². The summed E-state index contributed by atoms with van der Waals surface area (Å²) in [6.07, 6.45) is 1.53. The first-order valence-corrected chi connectivity index (χ1v) is 10.2. The zero-order valence-electron chi connectivity index (χ0n) is 16.6. The van der Waals surface area contributed by atoms with Crippen LogP contribution in [0.1, 0.15) is 36.5 Å². The van der Waals surface area contributed by atoms with Crippen molar-refractivity contribution in [2.24, 2.45) is 5.10 Å². The number of halogens is 1. The maximum atomic E-state index is 12.1. The normalized spacial score (nSPS) is 10.8. The number of benzene rings is 2. The third kappa shape index (κ3) is 6.74. The highest BCUT2D eigenvalue weighted by Gasteiger charge is 2.10. The van der Waals surface area contributed by atoms with Gasteiger partial charge in [-0.3, -0.25) is 9.59 Å². The minimum Gasteiger partial charge on any atom is -0.504 e. The lowest BCUT2D eigenvalue weighted by Crippen LogP contribution is -2.21. The molecule has 0 aliphatic rings. The van der Waals surface area contributed by atoms with Crippen molar-refractivity contribution in [3.63, 3.8) is 0 Å². The Hall–Kier alpha value is -2.62. The molecule has 154 valence electrons. The van der Waals surface area contributed by atoms with Crippen LogP contribution < -0.4 is 15.5 Å². The molecule has 0 aliphatic carbocycles. The van der Waals surface area contributed by atoms with Gasteiger partial charge in [-0.25, -0.2) is 5.43 Å².